The first-order chi connectivity index (χ1) is 35.2. The molecule has 4 rings (SSSR count). The van der Waals surface area contributed by atoms with Crippen molar-refractivity contribution >= 4 is 74.7 Å². The van der Waals surface area contributed by atoms with Crippen LogP contribution >= 0.6 is 0 Å². The summed E-state index contributed by atoms with van der Waals surface area (Å²) >= 11 is 0. The molecule has 0 unspecified atom stereocenters. The van der Waals surface area contributed by atoms with Gasteiger partial charge in [0.05, 0.1) is 36.1 Å². The van der Waals surface area contributed by atoms with Crippen LogP contribution < -0.4 is 42.2 Å². The van der Waals surface area contributed by atoms with Crippen LogP contribution in [0, 0.1) is 34.9 Å². The molecule has 424 valence electrons. The molecule has 2 aliphatic rings. The van der Waals surface area contributed by atoms with Gasteiger partial charge in [0.15, 0.2) is 64.4 Å². The first kappa shape index (κ1) is 62.7. The second kappa shape index (κ2) is 28.5. The smallest absolute Gasteiger partial charge is 0.244 e. The van der Waals surface area contributed by atoms with E-state index in [2.05, 4.69) is 31.9 Å². The fourth-order valence-corrected chi connectivity index (χ4v) is 12.7. The number of nitrogens with two attached hydrogens (primary N) is 2. The number of halogens is 6. The molecule has 0 aliphatic heterocycles. The minimum Gasteiger partial charge on any atom is -0.379 e. The second-order valence-corrected chi connectivity index (χ2v) is 25.2. The number of amides is 4. The number of hydrogen-bond donors (Lipinski definition) is 8. The second-order valence-electron chi connectivity index (χ2n) is 18.1. The molecule has 2 saturated carbocycles. The van der Waals surface area contributed by atoms with E-state index in [0.29, 0.717) is 51.4 Å². The number of carbonyl (C=O) groups is 4. The molecule has 0 bridgehead atoms. The lowest BCUT2D eigenvalue weighted by Crippen LogP contribution is -2.33. The zero-order valence-corrected chi connectivity index (χ0v) is 44.2. The fourth-order valence-electron chi connectivity index (χ4n) is 8.48. The Hall–Kier alpha value is -4.82. The van der Waals surface area contributed by atoms with Gasteiger partial charge in [-0.05, 0) is 25.7 Å². The predicted molar refractivity (Wildman–Crippen MR) is 260 cm³/mol. The van der Waals surface area contributed by atoms with Crippen molar-refractivity contribution in [2.75, 3.05) is 61.5 Å². The monoisotopic (exact) mass is 1150 g/mol. The van der Waals surface area contributed by atoms with E-state index in [1.54, 1.807) is 0 Å². The molecule has 75 heavy (non-hydrogen) atoms. The van der Waals surface area contributed by atoms with E-state index in [1.165, 1.54) is 0 Å². The number of ether oxygens (including phenoxy) is 1. The third-order valence-corrected chi connectivity index (χ3v) is 17.6. The topological polar surface area (TPSA) is 338 Å². The van der Waals surface area contributed by atoms with Crippen LogP contribution in [-0.2, 0) is 63.6 Å². The lowest BCUT2D eigenvalue weighted by Gasteiger charge is -2.25. The highest BCUT2D eigenvalue weighted by Crippen LogP contribution is 2.38. The summed E-state index contributed by atoms with van der Waals surface area (Å²) in [6.45, 7) is -1.56. The summed E-state index contributed by atoms with van der Waals surface area (Å²) in [4.78, 5) is 42.8. The van der Waals surface area contributed by atoms with Gasteiger partial charge in [-0.25, -0.2) is 70.3 Å². The van der Waals surface area contributed by atoms with Gasteiger partial charge in [0, 0.05) is 63.9 Å². The maximum absolute atomic E-state index is 15.6. The van der Waals surface area contributed by atoms with E-state index >= 15 is 17.6 Å². The number of anilines is 2. The van der Waals surface area contributed by atoms with E-state index in [1.807, 2.05) is 0 Å². The van der Waals surface area contributed by atoms with Crippen molar-refractivity contribution in [3.05, 3.63) is 34.9 Å². The van der Waals surface area contributed by atoms with Crippen LogP contribution in [-0.4, -0.2) is 120 Å². The number of carbonyl (C=O) groups excluding carboxylic acids is 4. The van der Waals surface area contributed by atoms with Crippen molar-refractivity contribution in [3.8, 4) is 0 Å². The maximum atomic E-state index is 15.6. The third kappa shape index (κ3) is 18.7. The van der Waals surface area contributed by atoms with Gasteiger partial charge in [-0.15, -0.1) is 0 Å². The van der Waals surface area contributed by atoms with Crippen LogP contribution in [0.15, 0.2) is 19.6 Å². The number of nitrogens with one attached hydrogen (secondary N) is 6. The molecule has 2 aliphatic carbocycles. The van der Waals surface area contributed by atoms with Crippen molar-refractivity contribution < 1.29 is 83.9 Å². The molecule has 0 aromatic heterocycles. The lowest BCUT2D eigenvalue weighted by atomic mass is 9.96. The number of primary sulfonamides is 2. The summed E-state index contributed by atoms with van der Waals surface area (Å²) < 4.78 is 199. The van der Waals surface area contributed by atoms with Gasteiger partial charge in [-0.3, -0.25) is 19.2 Å². The Balaban J connectivity index is 1.14. The number of sulfone groups is 2. The Morgan fingerprint density at radius 1 is 0.413 bits per heavy atom. The average Bonchev–Trinajstić information content (AvgIpc) is 3.28. The van der Waals surface area contributed by atoms with E-state index < -0.39 is 179 Å². The van der Waals surface area contributed by atoms with E-state index in [-0.39, 0.29) is 39.1 Å². The summed E-state index contributed by atoms with van der Waals surface area (Å²) in [5, 5.41) is 24.4. The van der Waals surface area contributed by atoms with Gasteiger partial charge in [-0.1, -0.05) is 64.2 Å². The Morgan fingerprint density at radius 3 is 0.973 bits per heavy atom. The van der Waals surface area contributed by atoms with Gasteiger partial charge in [0.2, 0.25) is 43.7 Å². The molecule has 2 aromatic carbocycles. The quantitative estimate of drug-likeness (QED) is 0.0381. The van der Waals surface area contributed by atoms with Crippen molar-refractivity contribution in [3.63, 3.8) is 0 Å². The van der Waals surface area contributed by atoms with Gasteiger partial charge < -0.3 is 36.6 Å². The van der Waals surface area contributed by atoms with Crippen LogP contribution in [0.2, 0.25) is 0 Å². The van der Waals surface area contributed by atoms with Crippen molar-refractivity contribution in [2.24, 2.45) is 10.3 Å². The Labute approximate surface area is 432 Å². The molecule has 4 amide bonds. The molecular weight excluding hydrogens is 1090 g/mol. The van der Waals surface area contributed by atoms with E-state index in [4.69, 9.17) is 15.0 Å². The van der Waals surface area contributed by atoms with Crippen LogP contribution in [0.1, 0.15) is 116 Å². The standard InChI is InChI=1S/C44H64F6N8O13S4/c45-33-35(47)43(39(37(49)41(33)74(51,67)68)57-27-11-7-3-1-4-8-12-27)72(63,64)25-21-55-31(61)17-15-29(59)53-19-23-71-24-20-54-30(60)16-18-32(62)56-22-26-73(65,66)44-36(48)34(46)42(75(52,69)70)38(50)40(44)58-28-13-9-5-2-6-10-14-28/h27-28,57-58H,1-26H2,(H,53,59)(H,54,60)(H,55,61)(H,56,62)(H2,51,67,68)(H2,52,69,70). The Bertz CT molecular complexity index is 2650. The Morgan fingerprint density at radius 2 is 0.680 bits per heavy atom. The summed E-state index contributed by atoms with van der Waals surface area (Å²) in [6, 6.07) is -1.22. The highest BCUT2D eigenvalue weighted by atomic mass is 32.2. The molecule has 10 N–H and O–H groups in total. The van der Waals surface area contributed by atoms with Crippen LogP contribution in [0.3, 0.4) is 0 Å². The van der Waals surface area contributed by atoms with Gasteiger partial charge >= 0.3 is 0 Å². The first-order valence-corrected chi connectivity index (χ1v) is 30.7. The minimum atomic E-state index is -5.19. The largest absolute Gasteiger partial charge is 0.379 e. The van der Waals surface area contributed by atoms with Gasteiger partial charge in [0.1, 0.15) is 9.79 Å². The zero-order valence-electron chi connectivity index (χ0n) is 40.9. The van der Waals surface area contributed by atoms with E-state index in [0.717, 1.165) is 38.5 Å². The fraction of sp³-hybridized carbons (Fsp3) is 0.636. The van der Waals surface area contributed by atoms with E-state index in [9.17, 15) is 61.6 Å². The molecular formula is C44H64F6N8O13S4. The predicted octanol–water partition coefficient (Wildman–Crippen LogP) is 3.16. The molecule has 31 heteroatoms. The molecule has 0 atom stereocenters. The maximum Gasteiger partial charge on any atom is 0.244 e. The molecule has 2 aromatic rings. The zero-order chi connectivity index (χ0) is 55.7. The molecule has 21 nitrogen and oxygen atoms in total. The number of sulfonamides is 2. The molecule has 2 fully saturated rings. The van der Waals surface area contributed by atoms with Gasteiger partial charge in [-0.2, -0.15) is 0 Å². The third-order valence-electron chi connectivity index (χ3n) is 12.3. The molecule has 0 spiro atoms. The number of rotatable bonds is 26. The summed E-state index contributed by atoms with van der Waals surface area (Å²) in [7, 11) is -20.3. The summed E-state index contributed by atoms with van der Waals surface area (Å²) in [5.74, 6) is -17.8. The molecule has 0 heterocycles. The number of benzene rings is 2. The van der Waals surface area contributed by atoms with Crippen molar-refractivity contribution in [1.82, 2.24) is 21.3 Å². The first-order valence-electron chi connectivity index (χ1n) is 24.3. The van der Waals surface area contributed by atoms with Crippen LogP contribution in [0.5, 0.6) is 0 Å². The van der Waals surface area contributed by atoms with Crippen molar-refractivity contribution in [1.29, 1.82) is 0 Å². The van der Waals surface area contributed by atoms with Crippen LogP contribution in [0.4, 0.5) is 37.7 Å². The highest BCUT2D eigenvalue weighted by molar-refractivity contribution is 7.92. The van der Waals surface area contributed by atoms with Crippen LogP contribution in [0.25, 0.3) is 0 Å². The molecule has 0 radical (unpaired) electrons. The van der Waals surface area contributed by atoms with Crippen molar-refractivity contribution in [2.45, 2.75) is 147 Å². The molecule has 0 saturated heterocycles. The minimum absolute atomic E-state index is 0.0432. The number of hydrogen-bond acceptors (Lipinski definition) is 15. The summed E-state index contributed by atoms with van der Waals surface area (Å²) in [6.07, 6.45) is 7.71. The summed E-state index contributed by atoms with van der Waals surface area (Å²) in [5.41, 5.74) is -2.17. The SMILES string of the molecule is NS(=O)(=O)c1c(F)c(F)c(S(=O)(=O)CCNC(=O)CCC(=O)NCCOCCNC(=O)CCC(=O)NCCS(=O)(=O)c2c(F)c(F)c(S(N)(=O)=O)c(F)c2NC2CCCCCCC2)c(NC2CCCCCCC2)c1F. The lowest BCUT2D eigenvalue weighted by molar-refractivity contribution is -0.126. The Kier molecular flexibility index (Phi) is 23.9. The highest BCUT2D eigenvalue weighted by Gasteiger charge is 2.39. The average molecular weight is 1160 g/mol. The van der Waals surface area contributed by atoms with Gasteiger partial charge in [0.25, 0.3) is 0 Å². The normalized spacial score (nSPS) is 15.7.